The number of amides is 1. The van der Waals surface area contributed by atoms with Crippen molar-refractivity contribution in [2.45, 2.75) is 68.8 Å². The smallest absolute Gasteiger partial charge is 0.287 e. The highest BCUT2D eigenvalue weighted by atomic mass is 32.2. The van der Waals surface area contributed by atoms with E-state index < -0.39 is 26.0 Å². The molecule has 10 nitrogen and oxygen atoms in total. The Kier molecular flexibility index (Phi) is 6.28. The number of carbonyl (C=O) groups is 2. The molecule has 1 amide bonds. The zero-order valence-corrected chi connectivity index (χ0v) is 23.1. The molecule has 5 atom stereocenters. The third kappa shape index (κ3) is 4.45. The minimum atomic E-state index is -4.24. The first-order chi connectivity index (χ1) is 17.5. The van der Waals surface area contributed by atoms with E-state index in [1.807, 2.05) is 4.90 Å². The molecule has 2 bridgehead atoms. The van der Waals surface area contributed by atoms with E-state index in [1.54, 1.807) is 5.38 Å². The Bertz CT molecular complexity index is 1380. The number of nitrogens with one attached hydrogen (secondary N) is 2. The summed E-state index contributed by atoms with van der Waals surface area (Å²) in [5.41, 5.74) is 0.272. The lowest BCUT2D eigenvalue weighted by Gasteiger charge is -2.46. The normalized spacial score (nSPS) is 32.8. The van der Waals surface area contributed by atoms with Crippen LogP contribution in [0.3, 0.4) is 0 Å². The molecule has 3 aliphatic carbocycles. The number of piperidine rings is 1. The van der Waals surface area contributed by atoms with Crippen LogP contribution in [-0.4, -0.2) is 58.1 Å². The third-order valence-corrected chi connectivity index (χ3v) is 12.1. The van der Waals surface area contributed by atoms with Crippen LogP contribution in [0.25, 0.3) is 0 Å². The molecule has 3 heterocycles. The molecule has 3 saturated carbocycles. The van der Waals surface area contributed by atoms with Gasteiger partial charge in [-0.15, -0.1) is 15.7 Å². The van der Waals surface area contributed by atoms with E-state index in [4.69, 9.17) is 0 Å². The predicted octanol–water partition coefficient (Wildman–Crippen LogP) is 2.33. The van der Waals surface area contributed by atoms with E-state index in [1.165, 1.54) is 25.7 Å². The summed E-state index contributed by atoms with van der Waals surface area (Å²) >= 11 is 1.09. The number of Topliss-reactive ketones (excluding diaryl/α,β-unsaturated/α-hetero) is 1. The lowest BCUT2D eigenvalue weighted by molar-refractivity contribution is -0.152. The molecular weight excluding hydrogens is 536 g/mol. The zero-order valence-electron chi connectivity index (χ0n) is 20.7. The van der Waals surface area contributed by atoms with Gasteiger partial charge in [0.05, 0.1) is 6.26 Å². The molecule has 0 aromatic carbocycles. The van der Waals surface area contributed by atoms with Gasteiger partial charge in [-0.25, -0.2) is 13.1 Å². The molecule has 202 valence electrons. The van der Waals surface area contributed by atoms with Crippen LogP contribution in [0.5, 0.6) is 0 Å². The van der Waals surface area contributed by atoms with Crippen molar-refractivity contribution in [2.75, 3.05) is 18.1 Å². The van der Waals surface area contributed by atoms with Gasteiger partial charge in [-0.2, -0.15) is 8.42 Å². The summed E-state index contributed by atoms with van der Waals surface area (Å²) in [6.07, 6.45) is 9.66. The van der Waals surface area contributed by atoms with Crippen molar-refractivity contribution in [1.29, 1.82) is 0 Å². The molecule has 5 aliphatic rings. The molecule has 2 N–H and O–H groups in total. The molecular formula is C24H32N4O6S3. The van der Waals surface area contributed by atoms with Crippen LogP contribution in [0.15, 0.2) is 14.7 Å². The Labute approximate surface area is 221 Å². The average Bonchev–Trinajstić information content (AvgIpc) is 3.60. The van der Waals surface area contributed by atoms with Crippen molar-refractivity contribution >= 4 is 53.9 Å². The predicted molar refractivity (Wildman–Crippen MR) is 139 cm³/mol. The van der Waals surface area contributed by atoms with Crippen LogP contribution < -0.4 is 10.0 Å². The number of amidine groups is 1. The van der Waals surface area contributed by atoms with Crippen LogP contribution >= 0.6 is 11.3 Å². The fraction of sp³-hybridized carbons (Fsp3) is 0.708. The van der Waals surface area contributed by atoms with Gasteiger partial charge in [-0.3, -0.25) is 9.59 Å². The van der Waals surface area contributed by atoms with Gasteiger partial charge in [0.15, 0.2) is 11.7 Å². The standard InChI is InChI=1S/C24H32N4O6S3/c1-36(31,32)25-11-16-12-35-23-21(16)37(33,34)27-22(26-23)18-20(29)17-14-6-7-15(10-14)19(17)28(24(18)30)9-8-13-4-2-3-5-13/h12-15,17-19,25H,2-11H2,1H3,(H,26,27)/t14-,15+,17+,18?,19-/m0/s1. The fourth-order valence-corrected chi connectivity index (χ4v) is 10.5. The number of sulfonamides is 2. The van der Waals surface area contributed by atoms with Gasteiger partial charge in [0.2, 0.25) is 15.9 Å². The number of nitrogens with zero attached hydrogens (tertiary/aromatic N) is 2. The number of ketones is 1. The number of likely N-dealkylation sites (tertiary alicyclic amines) is 1. The molecule has 13 heteroatoms. The van der Waals surface area contributed by atoms with E-state index >= 15 is 0 Å². The van der Waals surface area contributed by atoms with Gasteiger partial charge in [-0.05, 0) is 48.8 Å². The zero-order chi connectivity index (χ0) is 26.1. The number of hydrogen-bond donors (Lipinski definition) is 2. The van der Waals surface area contributed by atoms with E-state index in [2.05, 4.69) is 14.4 Å². The van der Waals surface area contributed by atoms with Gasteiger partial charge in [0.25, 0.3) is 10.0 Å². The second kappa shape index (κ2) is 9.13. The van der Waals surface area contributed by atoms with Gasteiger partial charge < -0.3 is 10.2 Å². The van der Waals surface area contributed by atoms with Crippen molar-refractivity contribution in [3.8, 4) is 0 Å². The van der Waals surface area contributed by atoms with Gasteiger partial charge in [0.1, 0.15) is 15.7 Å². The molecule has 1 aromatic heterocycles. The topological polar surface area (TPSA) is 142 Å². The van der Waals surface area contributed by atoms with Gasteiger partial charge >= 0.3 is 0 Å². The SMILES string of the molecule is CS(=O)(=O)NCc1csc2c1S(=O)(=O)N=C(C1C(=O)[C@@H]3[C@H]4CC[C@H](C4)[C@@H]3N(CCC3CCCC3)C1=O)N2. The number of fused-ring (bicyclic) bond motifs is 6. The summed E-state index contributed by atoms with van der Waals surface area (Å²) in [5.74, 6) is -1.02. The number of carbonyl (C=O) groups excluding carboxylic acids is 2. The minimum Gasteiger partial charge on any atom is -0.338 e. The molecule has 1 aromatic rings. The minimum absolute atomic E-state index is 0.0804. The monoisotopic (exact) mass is 568 g/mol. The maximum atomic E-state index is 13.9. The van der Waals surface area contributed by atoms with Crippen molar-refractivity contribution in [3.05, 3.63) is 10.9 Å². The Balaban J connectivity index is 1.31. The molecule has 0 spiro atoms. The third-order valence-electron chi connectivity index (χ3n) is 8.96. The highest BCUT2D eigenvalue weighted by Crippen LogP contribution is 2.54. The van der Waals surface area contributed by atoms with Crippen LogP contribution in [-0.2, 0) is 36.2 Å². The van der Waals surface area contributed by atoms with Crippen LogP contribution in [0.4, 0.5) is 5.00 Å². The first-order valence-corrected chi connectivity index (χ1v) is 17.3. The number of hydrogen-bond acceptors (Lipinski definition) is 8. The number of thiophene rings is 1. The first kappa shape index (κ1) is 25.4. The highest BCUT2D eigenvalue weighted by molar-refractivity contribution is 7.91. The number of rotatable bonds is 7. The summed E-state index contributed by atoms with van der Waals surface area (Å²) in [7, 11) is -7.77. The van der Waals surface area contributed by atoms with Crippen molar-refractivity contribution in [1.82, 2.24) is 9.62 Å². The Morgan fingerprint density at radius 2 is 1.89 bits per heavy atom. The lowest BCUT2D eigenvalue weighted by Crippen LogP contribution is -2.62. The molecule has 1 saturated heterocycles. The maximum absolute atomic E-state index is 13.9. The largest absolute Gasteiger partial charge is 0.338 e. The molecule has 37 heavy (non-hydrogen) atoms. The lowest BCUT2D eigenvalue weighted by atomic mass is 9.73. The number of anilines is 1. The van der Waals surface area contributed by atoms with Crippen molar-refractivity contribution in [3.63, 3.8) is 0 Å². The van der Waals surface area contributed by atoms with Crippen LogP contribution in [0, 0.1) is 29.6 Å². The molecule has 0 radical (unpaired) electrons. The maximum Gasteiger partial charge on any atom is 0.287 e. The van der Waals surface area contributed by atoms with Gasteiger partial charge in [0, 0.05) is 30.6 Å². The van der Waals surface area contributed by atoms with E-state index in [9.17, 15) is 26.4 Å². The molecule has 4 fully saturated rings. The Morgan fingerprint density at radius 1 is 1.16 bits per heavy atom. The molecule has 1 unspecified atom stereocenters. The summed E-state index contributed by atoms with van der Waals surface area (Å²) in [5, 5.41) is 4.79. The first-order valence-electron chi connectivity index (χ1n) is 13.0. The molecule has 2 aliphatic heterocycles. The summed E-state index contributed by atoms with van der Waals surface area (Å²) in [6, 6.07) is -0.0804. The molecule has 6 rings (SSSR count). The van der Waals surface area contributed by atoms with E-state index in [0.717, 1.165) is 43.3 Å². The van der Waals surface area contributed by atoms with Crippen molar-refractivity contribution in [2.24, 2.45) is 34.0 Å². The van der Waals surface area contributed by atoms with Crippen LogP contribution in [0.1, 0.15) is 56.9 Å². The summed E-state index contributed by atoms with van der Waals surface area (Å²) < 4.78 is 55.8. The summed E-state index contributed by atoms with van der Waals surface area (Å²) in [6.45, 7) is 0.406. The van der Waals surface area contributed by atoms with Gasteiger partial charge in [-0.1, -0.05) is 25.7 Å². The second-order valence-electron chi connectivity index (χ2n) is 11.2. The van der Waals surface area contributed by atoms with E-state index in [0.29, 0.717) is 18.4 Å². The quantitative estimate of drug-likeness (QED) is 0.481. The van der Waals surface area contributed by atoms with Crippen molar-refractivity contribution < 1.29 is 26.4 Å². The van der Waals surface area contributed by atoms with Crippen LogP contribution in [0.2, 0.25) is 0 Å². The Hall–Kier alpha value is -1.83. The average molecular weight is 569 g/mol. The summed E-state index contributed by atoms with van der Waals surface area (Å²) in [4.78, 5) is 29.5. The fourth-order valence-electron chi connectivity index (χ4n) is 7.39. The Morgan fingerprint density at radius 3 is 2.62 bits per heavy atom. The van der Waals surface area contributed by atoms with E-state index in [-0.39, 0.29) is 57.4 Å². The highest BCUT2D eigenvalue weighted by Gasteiger charge is 2.60. The second-order valence-corrected chi connectivity index (χ2v) is 15.5.